The molecule has 192 valence electrons. The van der Waals surface area contributed by atoms with Gasteiger partial charge in [-0.15, -0.1) is 0 Å². The van der Waals surface area contributed by atoms with Gasteiger partial charge in [0.15, 0.2) is 0 Å². The summed E-state index contributed by atoms with van der Waals surface area (Å²) in [6.45, 7) is 5.83. The summed E-state index contributed by atoms with van der Waals surface area (Å²) in [6.07, 6.45) is 17.9. The van der Waals surface area contributed by atoms with Crippen molar-refractivity contribution in [3.8, 4) is 0 Å². The first-order valence-electron chi connectivity index (χ1n) is 12.8. The third kappa shape index (κ3) is 5.51. The Balaban J connectivity index is 1.58. The second kappa shape index (κ2) is 11.5. The predicted molar refractivity (Wildman–Crippen MR) is 150 cm³/mol. The lowest BCUT2D eigenvalue weighted by atomic mass is 10.0. The van der Waals surface area contributed by atoms with Crippen LogP contribution < -0.4 is 11.1 Å². The minimum Gasteiger partial charge on any atom is -0.394 e. The van der Waals surface area contributed by atoms with Gasteiger partial charge < -0.3 is 25.4 Å². The lowest BCUT2D eigenvalue weighted by Crippen LogP contribution is -2.43. The van der Waals surface area contributed by atoms with Crippen molar-refractivity contribution in [3.05, 3.63) is 42.4 Å². The number of piperidine rings is 1. The minimum absolute atomic E-state index is 0.278. The third-order valence-electron chi connectivity index (χ3n) is 7.29. The summed E-state index contributed by atoms with van der Waals surface area (Å²) >= 11 is 0. The number of nitrogens with one attached hydrogen (secondary N) is 2. The number of rotatable bonds is 8. The summed E-state index contributed by atoms with van der Waals surface area (Å²) in [5.41, 5.74) is 9.16. The number of nitrogens with zero attached hydrogens (tertiary/aromatic N) is 6. The van der Waals surface area contributed by atoms with Gasteiger partial charge in [0.2, 0.25) is 0 Å². The molecule has 0 aromatic carbocycles. The number of amidine groups is 2. The van der Waals surface area contributed by atoms with E-state index in [0.717, 1.165) is 61.1 Å². The van der Waals surface area contributed by atoms with Crippen LogP contribution in [-0.4, -0.2) is 76.3 Å². The molecule has 0 unspecified atom stereocenters. The molecule has 36 heavy (non-hydrogen) atoms. The van der Waals surface area contributed by atoms with Gasteiger partial charge >= 0.3 is 0 Å². The fourth-order valence-corrected chi connectivity index (χ4v) is 5.30. The first-order chi connectivity index (χ1) is 17.4. The zero-order valence-electron chi connectivity index (χ0n) is 21.7. The van der Waals surface area contributed by atoms with E-state index in [2.05, 4.69) is 50.3 Å². The van der Waals surface area contributed by atoms with Crippen LogP contribution in [0.1, 0.15) is 55.8 Å². The zero-order chi connectivity index (χ0) is 25.7. The Morgan fingerprint density at radius 2 is 1.94 bits per heavy atom. The molecule has 2 fully saturated rings. The molecule has 1 saturated carbocycles. The Kier molecular flexibility index (Phi) is 8.20. The average Bonchev–Trinajstić information content (AvgIpc) is 3.51. The summed E-state index contributed by atoms with van der Waals surface area (Å²) in [5.74, 6) is 1.05. The zero-order valence-corrected chi connectivity index (χ0v) is 21.7. The van der Waals surface area contributed by atoms with Crippen molar-refractivity contribution in [2.75, 3.05) is 34.2 Å². The standard InChI is InChI=1S/C27H39N9/c1-5-23-21(12-15-30-2)22-18-31-27(33-26(22)36(23)20-8-6-7-9-20)32-24(28)10-11-25(29)35-16-13-19(14-17-35)34(3)4/h5,10-12,15,18-20,29-30H,1,6-9,13-14,16-17H2,2-4H3,(H2,28,31,32,33)/b11-10-,15-12-,29-25?. The molecule has 0 spiro atoms. The van der Waals surface area contributed by atoms with E-state index in [1.165, 1.54) is 12.8 Å². The van der Waals surface area contributed by atoms with Crippen LogP contribution in [0, 0.1) is 5.41 Å². The van der Waals surface area contributed by atoms with E-state index in [1.54, 1.807) is 12.2 Å². The first-order valence-corrected chi connectivity index (χ1v) is 12.8. The highest BCUT2D eigenvalue weighted by atomic mass is 15.2. The molecule has 3 heterocycles. The maximum absolute atomic E-state index is 8.42. The number of likely N-dealkylation sites (tertiary alicyclic amines) is 1. The number of hydrogen-bond acceptors (Lipinski definition) is 6. The molecule has 0 radical (unpaired) electrons. The van der Waals surface area contributed by atoms with Crippen LogP contribution in [-0.2, 0) is 0 Å². The topological polar surface area (TPSA) is 111 Å². The van der Waals surface area contributed by atoms with Crippen LogP contribution in [0.5, 0.6) is 0 Å². The van der Waals surface area contributed by atoms with Crippen molar-refractivity contribution >= 4 is 40.8 Å². The van der Waals surface area contributed by atoms with Gasteiger partial charge in [0.05, 0.1) is 5.69 Å². The molecule has 1 aliphatic carbocycles. The molecular weight excluding hydrogens is 450 g/mol. The Morgan fingerprint density at radius 3 is 2.58 bits per heavy atom. The Morgan fingerprint density at radius 1 is 1.22 bits per heavy atom. The summed E-state index contributed by atoms with van der Waals surface area (Å²) in [5, 5.41) is 12.5. The van der Waals surface area contributed by atoms with Crippen LogP contribution in [0.25, 0.3) is 23.2 Å². The molecule has 4 rings (SSSR count). The average molecular weight is 490 g/mol. The monoisotopic (exact) mass is 489 g/mol. The van der Waals surface area contributed by atoms with Gasteiger partial charge in [-0.2, -0.15) is 9.98 Å². The van der Waals surface area contributed by atoms with Crippen molar-refractivity contribution < 1.29 is 0 Å². The highest BCUT2D eigenvalue weighted by Gasteiger charge is 2.25. The van der Waals surface area contributed by atoms with Crippen LogP contribution in [0.2, 0.25) is 0 Å². The molecule has 2 aromatic rings. The van der Waals surface area contributed by atoms with Crippen LogP contribution >= 0.6 is 0 Å². The number of fused-ring (bicyclic) bond motifs is 1. The molecule has 2 aliphatic rings. The highest BCUT2D eigenvalue weighted by molar-refractivity contribution is 6.00. The second-order valence-corrected chi connectivity index (χ2v) is 9.78. The third-order valence-corrected chi connectivity index (χ3v) is 7.29. The number of hydrogen-bond donors (Lipinski definition) is 3. The second-order valence-electron chi connectivity index (χ2n) is 9.78. The van der Waals surface area contributed by atoms with E-state index in [1.807, 2.05) is 31.6 Å². The molecule has 2 aromatic heterocycles. The van der Waals surface area contributed by atoms with Gasteiger partial charge in [-0.3, -0.25) is 5.41 Å². The van der Waals surface area contributed by atoms with Gasteiger partial charge in [-0.1, -0.05) is 19.4 Å². The maximum Gasteiger partial charge on any atom is 0.253 e. The normalized spacial score (nSPS) is 18.3. The van der Waals surface area contributed by atoms with Crippen molar-refractivity contribution in [1.29, 1.82) is 5.41 Å². The SMILES string of the molecule is C=Cc1c(/C=C\NC)c2cnc(/N=C(N)\C=C/C(=N)N3CCC(N(C)C)CC3)nc2n1C1CCCC1. The predicted octanol–water partition coefficient (Wildman–Crippen LogP) is 3.93. The largest absolute Gasteiger partial charge is 0.394 e. The van der Waals surface area contributed by atoms with E-state index in [-0.39, 0.29) is 5.84 Å². The molecule has 1 saturated heterocycles. The van der Waals surface area contributed by atoms with Crippen LogP contribution in [0.3, 0.4) is 0 Å². The Hall–Kier alpha value is -3.46. The lowest BCUT2D eigenvalue weighted by molar-refractivity contribution is 0.191. The Bertz CT molecular complexity index is 1170. The number of nitrogens with two attached hydrogens (primary N) is 1. The molecule has 0 atom stereocenters. The number of aromatic nitrogens is 3. The molecule has 0 amide bonds. The quantitative estimate of drug-likeness (QED) is 0.383. The van der Waals surface area contributed by atoms with E-state index < -0.39 is 0 Å². The summed E-state index contributed by atoms with van der Waals surface area (Å²) in [4.78, 5) is 18.1. The molecule has 1 aliphatic heterocycles. The lowest BCUT2D eigenvalue weighted by Gasteiger charge is -2.35. The van der Waals surface area contributed by atoms with Gasteiger partial charge in [0.25, 0.3) is 5.95 Å². The molecule has 9 heteroatoms. The molecule has 4 N–H and O–H groups in total. The van der Waals surface area contributed by atoms with E-state index in [4.69, 9.17) is 16.1 Å². The smallest absolute Gasteiger partial charge is 0.253 e. The highest BCUT2D eigenvalue weighted by Crippen LogP contribution is 2.37. The van der Waals surface area contributed by atoms with Gasteiger partial charge in [0.1, 0.15) is 17.3 Å². The maximum atomic E-state index is 8.42. The summed E-state index contributed by atoms with van der Waals surface area (Å²) in [6, 6.07) is 0.967. The minimum atomic E-state index is 0.278. The van der Waals surface area contributed by atoms with E-state index in [0.29, 0.717) is 23.9 Å². The van der Waals surface area contributed by atoms with Crippen molar-refractivity contribution in [3.63, 3.8) is 0 Å². The van der Waals surface area contributed by atoms with Crippen molar-refractivity contribution in [2.24, 2.45) is 10.7 Å². The fraction of sp³-hybridized carbons (Fsp3) is 0.481. The van der Waals surface area contributed by atoms with Crippen LogP contribution in [0.15, 0.2) is 36.1 Å². The van der Waals surface area contributed by atoms with Gasteiger partial charge in [0, 0.05) is 49.4 Å². The van der Waals surface area contributed by atoms with Crippen molar-refractivity contribution in [1.82, 2.24) is 29.7 Å². The van der Waals surface area contributed by atoms with Gasteiger partial charge in [-0.05, 0) is 70.3 Å². The molecule has 0 bridgehead atoms. The van der Waals surface area contributed by atoms with E-state index in [9.17, 15) is 0 Å². The first kappa shape index (κ1) is 25.6. The van der Waals surface area contributed by atoms with Gasteiger partial charge in [-0.25, -0.2) is 4.98 Å². The fourth-order valence-electron chi connectivity index (χ4n) is 5.30. The summed E-state index contributed by atoms with van der Waals surface area (Å²) in [7, 11) is 6.11. The summed E-state index contributed by atoms with van der Waals surface area (Å²) < 4.78 is 2.30. The van der Waals surface area contributed by atoms with E-state index >= 15 is 0 Å². The van der Waals surface area contributed by atoms with Crippen molar-refractivity contribution in [2.45, 2.75) is 50.6 Å². The number of aliphatic imine (C=N–C) groups is 1. The Labute approximate surface area is 214 Å². The molecular formula is C27H39N9. The molecule has 9 nitrogen and oxygen atoms in total. The van der Waals surface area contributed by atoms with Crippen LogP contribution in [0.4, 0.5) is 5.95 Å².